The van der Waals surface area contributed by atoms with Gasteiger partial charge in [-0.2, -0.15) is 11.3 Å². The summed E-state index contributed by atoms with van der Waals surface area (Å²) in [5.41, 5.74) is 0.623. The molecule has 0 aromatic carbocycles. The first kappa shape index (κ1) is 14.4. The molecule has 23 heavy (non-hydrogen) atoms. The van der Waals surface area contributed by atoms with Crippen LogP contribution in [0.25, 0.3) is 0 Å². The number of pyridine rings is 1. The van der Waals surface area contributed by atoms with Crippen LogP contribution in [0, 0.1) is 5.41 Å². The van der Waals surface area contributed by atoms with E-state index in [-0.39, 0.29) is 17.2 Å². The number of likely N-dealkylation sites (tertiary alicyclic amines) is 1. The Morgan fingerprint density at radius 3 is 2.91 bits per heavy atom. The van der Waals surface area contributed by atoms with Crippen LogP contribution in [-0.4, -0.2) is 41.3 Å². The van der Waals surface area contributed by atoms with Crippen molar-refractivity contribution in [2.45, 2.75) is 12.8 Å². The van der Waals surface area contributed by atoms with Gasteiger partial charge in [-0.05, 0) is 30.0 Å². The molecule has 2 amide bonds. The van der Waals surface area contributed by atoms with Crippen molar-refractivity contribution in [1.82, 2.24) is 9.88 Å². The molecule has 6 heteroatoms. The van der Waals surface area contributed by atoms with E-state index < -0.39 is 0 Å². The number of thiophene rings is 1. The summed E-state index contributed by atoms with van der Waals surface area (Å²) in [6, 6.07) is 7.45. The summed E-state index contributed by atoms with van der Waals surface area (Å²) in [4.78, 5) is 32.9. The summed E-state index contributed by atoms with van der Waals surface area (Å²) < 4.78 is 0. The first-order chi connectivity index (χ1) is 11.2. The highest BCUT2D eigenvalue weighted by Crippen LogP contribution is 2.41. The fraction of sp³-hybridized carbons (Fsp3) is 0.353. The second-order valence-corrected chi connectivity index (χ2v) is 7.11. The maximum atomic E-state index is 12.5. The first-order valence-corrected chi connectivity index (χ1v) is 8.64. The average Bonchev–Trinajstić information content (AvgIpc) is 3.29. The Labute approximate surface area is 138 Å². The van der Waals surface area contributed by atoms with E-state index in [4.69, 9.17) is 0 Å². The highest BCUT2D eigenvalue weighted by molar-refractivity contribution is 7.08. The van der Waals surface area contributed by atoms with Crippen LogP contribution in [0.3, 0.4) is 0 Å². The molecule has 0 radical (unpaired) electrons. The molecule has 118 valence electrons. The Balaban J connectivity index is 1.51. The number of hydrogen-bond acceptors (Lipinski definition) is 4. The molecule has 0 aliphatic carbocycles. The predicted molar refractivity (Wildman–Crippen MR) is 88.5 cm³/mol. The van der Waals surface area contributed by atoms with Crippen LogP contribution in [0.2, 0.25) is 0 Å². The fourth-order valence-electron chi connectivity index (χ4n) is 3.57. The third kappa shape index (κ3) is 2.53. The molecule has 4 heterocycles. The Bertz CT molecular complexity index is 732. The van der Waals surface area contributed by atoms with Gasteiger partial charge in [0.1, 0.15) is 5.82 Å². The molecule has 4 rings (SSSR count). The number of aromatic nitrogens is 1. The van der Waals surface area contributed by atoms with Gasteiger partial charge in [0.2, 0.25) is 5.91 Å². The lowest BCUT2D eigenvalue weighted by Gasteiger charge is -2.23. The van der Waals surface area contributed by atoms with Gasteiger partial charge in [-0.15, -0.1) is 0 Å². The van der Waals surface area contributed by atoms with Crippen molar-refractivity contribution in [2.75, 3.05) is 24.5 Å². The van der Waals surface area contributed by atoms with Crippen molar-refractivity contribution >= 4 is 29.0 Å². The zero-order valence-corrected chi connectivity index (χ0v) is 13.5. The average molecular weight is 327 g/mol. The fourth-order valence-corrected chi connectivity index (χ4v) is 4.20. The Kier molecular flexibility index (Phi) is 3.41. The summed E-state index contributed by atoms with van der Waals surface area (Å²) in [7, 11) is 0. The van der Waals surface area contributed by atoms with Gasteiger partial charge in [0.25, 0.3) is 5.91 Å². The molecule has 2 aromatic heterocycles. The maximum Gasteiger partial charge on any atom is 0.254 e. The highest BCUT2D eigenvalue weighted by Gasteiger charge is 2.49. The first-order valence-electron chi connectivity index (χ1n) is 7.70. The van der Waals surface area contributed by atoms with Gasteiger partial charge < -0.3 is 4.90 Å². The van der Waals surface area contributed by atoms with Crippen LogP contribution in [0.5, 0.6) is 0 Å². The number of hydrogen-bond donors (Lipinski definition) is 0. The Morgan fingerprint density at radius 2 is 2.17 bits per heavy atom. The lowest BCUT2D eigenvalue weighted by Crippen LogP contribution is -2.34. The number of rotatable bonds is 2. The zero-order valence-electron chi connectivity index (χ0n) is 12.6. The van der Waals surface area contributed by atoms with Crippen molar-refractivity contribution < 1.29 is 9.59 Å². The van der Waals surface area contributed by atoms with Crippen molar-refractivity contribution in [3.63, 3.8) is 0 Å². The van der Waals surface area contributed by atoms with Gasteiger partial charge >= 0.3 is 0 Å². The van der Waals surface area contributed by atoms with E-state index in [1.54, 1.807) is 11.1 Å². The van der Waals surface area contributed by atoms with Crippen molar-refractivity contribution in [3.8, 4) is 0 Å². The zero-order chi connectivity index (χ0) is 15.9. The molecular formula is C17H17N3O2S. The van der Waals surface area contributed by atoms with Gasteiger partial charge in [-0.1, -0.05) is 6.07 Å². The monoisotopic (exact) mass is 327 g/mol. The topological polar surface area (TPSA) is 53.5 Å². The molecule has 2 saturated heterocycles. The van der Waals surface area contributed by atoms with Gasteiger partial charge in [0.15, 0.2) is 0 Å². The standard InChI is InChI=1S/C17H17N3O2S/c21-15-9-17(12-20(15)14-3-1-2-6-18-14)5-7-19(11-17)16(22)13-4-8-23-10-13/h1-4,6,8,10H,5,7,9,11-12H2/t17-/m1/s1. The number of amides is 2. The van der Waals surface area contributed by atoms with Crippen LogP contribution < -0.4 is 4.90 Å². The lowest BCUT2D eigenvalue weighted by molar-refractivity contribution is -0.117. The van der Waals surface area contributed by atoms with Gasteiger partial charge in [-0.3, -0.25) is 14.5 Å². The normalized spacial score (nSPS) is 23.9. The number of nitrogens with zero attached hydrogens (tertiary/aromatic N) is 3. The van der Waals surface area contributed by atoms with Gasteiger partial charge in [-0.25, -0.2) is 4.98 Å². The quantitative estimate of drug-likeness (QED) is 0.851. The molecule has 0 bridgehead atoms. The van der Waals surface area contributed by atoms with Crippen molar-refractivity contribution in [3.05, 3.63) is 46.8 Å². The second kappa shape index (κ2) is 5.45. The van der Waals surface area contributed by atoms with Crippen LogP contribution in [0.15, 0.2) is 41.2 Å². The minimum atomic E-state index is -0.125. The van der Waals surface area contributed by atoms with Crippen molar-refractivity contribution in [2.24, 2.45) is 5.41 Å². The number of carbonyl (C=O) groups is 2. The molecule has 1 atom stereocenters. The van der Waals surface area contributed by atoms with Crippen LogP contribution in [0.4, 0.5) is 5.82 Å². The van der Waals surface area contributed by atoms with Gasteiger partial charge in [0, 0.05) is 43.0 Å². The predicted octanol–water partition coefficient (Wildman–Crippen LogP) is 2.41. The van der Waals surface area contributed by atoms with E-state index in [0.29, 0.717) is 25.3 Å². The molecule has 2 aliphatic rings. The molecule has 2 aliphatic heterocycles. The highest BCUT2D eigenvalue weighted by atomic mass is 32.1. The summed E-state index contributed by atoms with van der Waals surface area (Å²) in [5, 5.41) is 3.80. The smallest absolute Gasteiger partial charge is 0.254 e. The van der Waals surface area contributed by atoms with E-state index in [0.717, 1.165) is 18.5 Å². The van der Waals surface area contributed by atoms with Crippen LogP contribution in [-0.2, 0) is 4.79 Å². The summed E-state index contributed by atoms with van der Waals surface area (Å²) in [6.07, 6.45) is 3.07. The molecule has 5 nitrogen and oxygen atoms in total. The molecule has 2 fully saturated rings. The third-order valence-corrected chi connectivity index (χ3v) is 5.42. The van der Waals surface area contributed by atoms with Gasteiger partial charge in [0.05, 0.1) is 5.56 Å². The number of carbonyl (C=O) groups excluding carboxylic acids is 2. The van der Waals surface area contributed by atoms with E-state index >= 15 is 0 Å². The maximum absolute atomic E-state index is 12.5. The summed E-state index contributed by atoms with van der Waals surface area (Å²) >= 11 is 1.53. The minimum Gasteiger partial charge on any atom is -0.338 e. The van der Waals surface area contributed by atoms with Crippen LogP contribution >= 0.6 is 11.3 Å². The van der Waals surface area contributed by atoms with E-state index in [1.807, 2.05) is 39.9 Å². The molecular weight excluding hydrogens is 310 g/mol. The molecule has 0 saturated carbocycles. The van der Waals surface area contributed by atoms with Crippen LogP contribution in [0.1, 0.15) is 23.2 Å². The molecule has 2 aromatic rings. The summed E-state index contributed by atoms with van der Waals surface area (Å²) in [6.45, 7) is 2.02. The number of anilines is 1. The molecule has 0 unspecified atom stereocenters. The Morgan fingerprint density at radius 1 is 1.26 bits per heavy atom. The SMILES string of the molecule is O=C(c1ccsc1)N1CC[C@@]2(CC(=O)N(c3ccccn3)C2)C1. The largest absolute Gasteiger partial charge is 0.338 e. The summed E-state index contributed by atoms with van der Waals surface area (Å²) in [5.74, 6) is 0.886. The molecule has 1 spiro atoms. The lowest BCUT2D eigenvalue weighted by atomic mass is 9.86. The van der Waals surface area contributed by atoms with E-state index in [2.05, 4.69) is 4.98 Å². The second-order valence-electron chi connectivity index (χ2n) is 6.33. The third-order valence-electron chi connectivity index (χ3n) is 4.74. The van der Waals surface area contributed by atoms with E-state index in [1.165, 1.54) is 11.3 Å². The van der Waals surface area contributed by atoms with E-state index in [9.17, 15) is 9.59 Å². The molecule has 0 N–H and O–H groups in total. The minimum absolute atomic E-state index is 0.0758. The Hall–Kier alpha value is -2.21. The van der Waals surface area contributed by atoms with Crippen molar-refractivity contribution in [1.29, 1.82) is 0 Å².